The van der Waals surface area contributed by atoms with Gasteiger partial charge in [0.2, 0.25) is 5.91 Å². The number of ether oxygens (including phenoxy) is 1. The first-order valence-corrected chi connectivity index (χ1v) is 18.0. The summed E-state index contributed by atoms with van der Waals surface area (Å²) in [4.78, 5) is 50.3. The molecule has 0 spiro atoms. The van der Waals surface area contributed by atoms with Gasteiger partial charge < -0.3 is 36.2 Å². The number of carbonyl (C=O) groups is 3. The Balaban J connectivity index is 1.48. The number of allylic oxidation sites excluding steroid dienone is 2. The van der Waals surface area contributed by atoms with Gasteiger partial charge in [-0.3, -0.25) is 14.6 Å². The van der Waals surface area contributed by atoms with E-state index in [1.54, 1.807) is 41.1 Å². The Morgan fingerprint density at radius 2 is 1.54 bits per heavy atom. The van der Waals surface area contributed by atoms with Gasteiger partial charge in [-0.2, -0.15) is 0 Å². The highest BCUT2D eigenvalue weighted by atomic mass is 16.6. The van der Waals surface area contributed by atoms with Crippen LogP contribution in [0, 0.1) is 5.92 Å². The number of hydrogen-bond acceptors (Lipinski definition) is 6. The number of rotatable bonds is 16. The zero-order valence-corrected chi connectivity index (χ0v) is 31.2. The Morgan fingerprint density at radius 1 is 0.962 bits per heavy atom. The summed E-state index contributed by atoms with van der Waals surface area (Å²) in [5.41, 5.74) is 12.8. The quantitative estimate of drug-likeness (QED) is 0.0823. The van der Waals surface area contributed by atoms with Gasteiger partial charge in [0.05, 0.1) is 5.41 Å². The molecule has 3 atom stereocenters. The van der Waals surface area contributed by atoms with Crippen molar-refractivity contribution in [3.05, 3.63) is 120 Å². The summed E-state index contributed by atoms with van der Waals surface area (Å²) in [5.74, 6) is 0.0989. The van der Waals surface area contributed by atoms with Crippen LogP contribution in [0.5, 0.6) is 0 Å². The summed E-state index contributed by atoms with van der Waals surface area (Å²) in [5, 5.41) is 2.93. The highest BCUT2D eigenvalue weighted by molar-refractivity contribution is 5.97. The van der Waals surface area contributed by atoms with Crippen LogP contribution in [0.15, 0.2) is 108 Å². The number of amides is 3. The molecule has 11 nitrogen and oxygen atoms in total. The van der Waals surface area contributed by atoms with Crippen LogP contribution in [0.2, 0.25) is 0 Å². The molecule has 0 aliphatic carbocycles. The minimum Gasteiger partial charge on any atom is -0.414 e. The third kappa shape index (κ3) is 10.2. The average Bonchev–Trinajstić information content (AvgIpc) is 3.62. The maximum absolute atomic E-state index is 13.9. The smallest absolute Gasteiger partial charge is 0.414 e. The molecule has 0 radical (unpaired) electrons. The maximum atomic E-state index is 13.9. The Bertz CT molecular complexity index is 1620. The van der Waals surface area contributed by atoms with Crippen molar-refractivity contribution < 1.29 is 19.1 Å². The Labute approximate surface area is 308 Å². The predicted octanol–water partition coefficient (Wildman–Crippen LogP) is 4.99. The van der Waals surface area contributed by atoms with E-state index >= 15 is 0 Å². The second kappa shape index (κ2) is 18.9. The molecule has 0 aromatic heterocycles. The van der Waals surface area contributed by atoms with E-state index < -0.39 is 17.6 Å². The van der Waals surface area contributed by atoms with Crippen molar-refractivity contribution in [1.29, 1.82) is 0 Å². The fourth-order valence-corrected chi connectivity index (χ4v) is 6.88. The standard InChI is InChI=1S/C41H55N7O4/c1-6-36(41(27-30(2)46(3)4,33-19-12-8-13-20-33)34-21-14-9-15-22-34)52-40(51)47(5)28-31-24-26-48(29-31)38(50)35(23-16-25-44-39(42)43)45-37(49)32-17-10-7-11-18-32/h6-15,17-22,30-31,35H,16,23-29H2,1-5H3,(H,45,49)(H4,42,43,44)/b36-6-. The van der Waals surface area contributed by atoms with Gasteiger partial charge in [-0.1, -0.05) is 78.9 Å². The zero-order valence-electron chi connectivity index (χ0n) is 31.2. The number of likely N-dealkylation sites (tertiary alicyclic amines) is 1. The third-order valence-corrected chi connectivity index (χ3v) is 9.92. The van der Waals surface area contributed by atoms with E-state index in [2.05, 4.69) is 60.5 Å². The minimum atomic E-state index is -0.741. The third-order valence-electron chi connectivity index (χ3n) is 9.92. The molecule has 1 heterocycles. The summed E-state index contributed by atoms with van der Waals surface area (Å²) in [6, 6.07) is 28.7. The van der Waals surface area contributed by atoms with E-state index in [1.807, 2.05) is 55.5 Å². The molecule has 11 heteroatoms. The molecule has 278 valence electrons. The predicted molar refractivity (Wildman–Crippen MR) is 207 cm³/mol. The molecule has 0 bridgehead atoms. The van der Waals surface area contributed by atoms with Crippen molar-refractivity contribution in [3.63, 3.8) is 0 Å². The van der Waals surface area contributed by atoms with Gasteiger partial charge in [-0.15, -0.1) is 0 Å². The van der Waals surface area contributed by atoms with E-state index in [4.69, 9.17) is 16.2 Å². The van der Waals surface area contributed by atoms with E-state index in [1.165, 1.54) is 0 Å². The number of nitrogens with two attached hydrogens (primary N) is 2. The van der Waals surface area contributed by atoms with Crippen LogP contribution >= 0.6 is 0 Å². The van der Waals surface area contributed by atoms with E-state index in [0.717, 1.165) is 11.1 Å². The van der Waals surface area contributed by atoms with Crippen molar-refractivity contribution in [2.75, 3.05) is 47.3 Å². The van der Waals surface area contributed by atoms with E-state index in [9.17, 15) is 14.4 Å². The summed E-state index contributed by atoms with van der Waals surface area (Å²) >= 11 is 0. The van der Waals surface area contributed by atoms with Crippen LogP contribution in [-0.2, 0) is 14.9 Å². The van der Waals surface area contributed by atoms with Crippen molar-refractivity contribution >= 4 is 23.9 Å². The first-order valence-electron chi connectivity index (χ1n) is 18.0. The molecule has 1 fully saturated rings. The lowest BCUT2D eigenvalue weighted by atomic mass is 9.68. The van der Waals surface area contributed by atoms with Gasteiger partial charge in [0, 0.05) is 44.8 Å². The molecule has 1 saturated heterocycles. The van der Waals surface area contributed by atoms with Crippen LogP contribution < -0.4 is 16.8 Å². The maximum Gasteiger partial charge on any atom is 0.414 e. The summed E-state index contributed by atoms with van der Waals surface area (Å²) < 4.78 is 6.37. The molecule has 3 unspecified atom stereocenters. The van der Waals surface area contributed by atoms with Crippen LogP contribution in [0.3, 0.4) is 0 Å². The lowest BCUT2D eigenvalue weighted by Gasteiger charge is -2.40. The number of hydrogen-bond donors (Lipinski definition) is 3. The van der Waals surface area contributed by atoms with Crippen LogP contribution in [0.1, 0.15) is 61.0 Å². The monoisotopic (exact) mass is 709 g/mol. The molecule has 3 amide bonds. The van der Waals surface area contributed by atoms with Crippen LogP contribution in [-0.4, -0.2) is 98.0 Å². The zero-order chi connectivity index (χ0) is 37.7. The van der Waals surface area contributed by atoms with Crippen molar-refractivity contribution in [3.8, 4) is 0 Å². The number of nitrogens with one attached hydrogen (secondary N) is 1. The van der Waals surface area contributed by atoms with Crippen LogP contribution in [0.4, 0.5) is 4.79 Å². The average molecular weight is 710 g/mol. The fourth-order valence-electron chi connectivity index (χ4n) is 6.88. The normalized spacial score (nSPS) is 15.8. The topological polar surface area (TPSA) is 147 Å². The van der Waals surface area contributed by atoms with Crippen LogP contribution in [0.25, 0.3) is 0 Å². The number of guanidine groups is 1. The highest BCUT2D eigenvalue weighted by Gasteiger charge is 2.43. The second-order valence-electron chi connectivity index (χ2n) is 13.8. The van der Waals surface area contributed by atoms with Gasteiger partial charge in [-0.25, -0.2) is 4.79 Å². The lowest BCUT2D eigenvalue weighted by Crippen LogP contribution is -2.48. The van der Waals surface area contributed by atoms with Crippen molar-refractivity contribution in [2.45, 2.75) is 57.0 Å². The molecule has 0 saturated carbocycles. The number of carbonyl (C=O) groups excluding carboxylic acids is 3. The number of aliphatic imine (C=N–C) groups is 1. The Hall–Kier alpha value is -5.16. The molecule has 52 heavy (non-hydrogen) atoms. The Morgan fingerprint density at radius 3 is 2.08 bits per heavy atom. The first kappa shape index (κ1) is 39.6. The van der Waals surface area contributed by atoms with Gasteiger partial charge in [-0.05, 0) is 88.9 Å². The molecule has 3 aromatic rings. The number of nitrogens with zero attached hydrogens (tertiary/aromatic N) is 4. The molecule has 4 rings (SSSR count). The molecule has 3 aromatic carbocycles. The second-order valence-corrected chi connectivity index (χ2v) is 13.8. The largest absolute Gasteiger partial charge is 0.414 e. The molecular formula is C41H55N7O4. The summed E-state index contributed by atoms with van der Waals surface area (Å²) in [6.07, 6.45) is 3.73. The van der Waals surface area contributed by atoms with Crippen molar-refractivity contribution in [2.24, 2.45) is 22.4 Å². The molecule has 1 aliphatic rings. The van der Waals surface area contributed by atoms with Gasteiger partial charge in [0.15, 0.2) is 5.96 Å². The van der Waals surface area contributed by atoms with Gasteiger partial charge >= 0.3 is 6.09 Å². The lowest BCUT2D eigenvalue weighted by molar-refractivity contribution is -0.132. The minimum absolute atomic E-state index is 0.0169. The summed E-state index contributed by atoms with van der Waals surface area (Å²) in [6.45, 7) is 5.82. The van der Waals surface area contributed by atoms with Gasteiger partial charge in [0.1, 0.15) is 11.8 Å². The summed E-state index contributed by atoms with van der Waals surface area (Å²) in [7, 11) is 5.85. The Kier molecular flexibility index (Phi) is 14.4. The SMILES string of the molecule is C/C=C(\OC(=O)N(C)CC1CCN(C(=O)C(CCCN=C(N)N)NC(=O)c2ccccc2)C1)C(CC(C)N(C)C)(c1ccccc1)c1ccccc1. The number of benzene rings is 3. The van der Waals surface area contributed by atoms with E-state index in [0.29, 0.717) is 63.2 Å². The first-order chi connectivity index (χ1) is 25.0. The molecule has 1 aliphatic heterocycles. The molecular weight excluding hydrogens is 654 g/mol. The van der Waals surface area contributed by atoms with Gasteiger partial charge in [0.25, 0.3) is 5.91 Å². The molecule has 5 N–H and O–H groups in total. The van der Waals surface area contributed by atoms with E-state index in [-0.39, 0.29) is 29.7 Å². The highest BCUT2D eigenvalue weighted by Crippen LogP contribution is 2.44. The fraction of sp³-hybridized carbons (Fsp3) is 0.415. The van der Waals surface area contributed by atoms with Crippen molar-refractivity contribution in [1.82, 2.24) is 20.0 Å².